The van der Waals surface area contributed by atoms with Crippen molar-refractivity contribution in [1.82, 2.24) is 15.5 Å². The van der Waals surface area contributed by atoms with Gasteiger partial charge >= 0.3 is 0 Å². The lowest BCUT2D eigenvalue weighted by Gasteiger charge is -2.10. The van der Waals surface area contributed by atoms with Gasteiger partial charge in [-0.05, 0) is 52.8 Å². The van der Waals surface area contributed by atoms with Crippen molar-refractivity contribution in [2.24, 2.45) is 0 Å². The average Bonchev–Trinajstić information content (AvgIpc) is 3.03. The molecule has 2 N–H and O–H groups in total. The Morgan fingerprint density at radius 1 is 1.36 bits per heavy atom. The van der Waals surface area contributed by atoms with E-state index in [2.05, 4.69) is 36.8 Å². The second kappa shape index (κ2) is 9.76. The third kappa shape index (κ3) is 5.99. The van der Waals surface area contributed by atoms with Gasteiger partial charge in [0.2, 0.25) is 5.13 Å². The number of benzene rings is 1. The molecule has 0 spiro atoms. The number of aryl methyl sites for hydroxylation is 1. The van der Waals surface area contributed by atoms with Gasteiger partial charge in [0.15, 0.2) is 5.11 Å². The Hall–Kier alpha value is -1.62. The Labute approximate surface area is 163 Å². The maximum Gasteiger partial charge on any atom is 0.257 e. The summed E-state index contributed by atoms with van der Waals surface area (Å²) in [4.78, 5) is 12.3. The van der Waals surface area contributed by atoms with Crippen LogP contribution in [0.15, 0.2) is 22.7 Å². The van der Waals surface area contributed by atoms with E-state index in [1.54, 1.807) is 25.3 Å². The Kier molecular flexibility index (Phi) is 7.69. The van der Waals surface area contributed by atoms with E-state index >= 15 is 0 Å². The minimum Gasteiger partial charge on any atom is -0.490 e. The van der Waals surface area contributed by atoms with Crippen molar-refractivity contribution < 1.29 is 14.3 Å². The van der Waals surface area contributed by atoms with Crippen molar-refractivity contribution in [2.45, 2.75) is 13.3 Å². The summed E-state index contributed by atoms with van der Waals surface area (Å²) < 4.78 is 11.1. The predicted molar refractivity (Wildman–Crippen MR) is 104 cm³/mol. The molecule has 0 saturated heterocycles. The van der Waals surface area contributed by atoms with Gasteiger partial charge in [-0.15, -0.1) is 10.2 Å². The van der Waals surface area contributed by atoms with E-state index in [0.29, 0.717) is 34.1 Å². The maximum absolute atomic E-state index is 12.3. The highest BCUT2D eigenvalue weighted by molar-refractivity contribution is 9.10. The summed E-state index contributed by atoms with van der Waals surface area (Å²) in [7, 11) is 1.60. The summed E-state index contributed by atoms with van der Waals surface area (Å²) in [6, 6.07) is 5.04. The van der Waals surface area contributed by atoms with Gasteiger partial charge in [0, 0.05) is 12.7 Å². The van der Waals surface area contributed by atoms with Gasteiger partial charge in [-0.2, -0.15) is 0 Å². The fourth-order valence-electron chi connectivity index (χ4n) is 1.74. The molecule has 0 aliphatic heterocycles. The van der Waals surface area contributed by atoms with Crippen LogP contribution in [0.3, 0.4) is 0 Å². The third-order valence-corrected chi connectivity index (χ3v) is 4.76. The lowest BCUT2D eigenvalue weighted by atomic mass is 10.2. The molecule has 25 heavy (non-hydrogen) atoms. The van der Waals surface area contributed by atoms with Crippen molar-refractivity contribution in [3.63, 3.8) is 0 Å². The molecular formula is C15H17BrN4O3S2. The van der Waals surface area contributed by atoms with Gasteiger partial charge in [-0.1, -0.05) is 18.3 Å². The fraction of sp³-hybridized carbons (Fsp3) is 0.333. The highest BCUT2D eigenvalue weighted by Crippen LogP contribution is 2.26. The molecule has 0 aliphatic rings. The van der Waals surface area contributed by atoms with Crippen LogP contribution in [0.1, 0.15) is 22.3 Å². The van der Waals surface area contributed by atoms with Gasteiger partial charge < -0.3 is 14.8 Å². The zero-order valence-electron chi connectivity index (χ0n) is 13.7. The Bertz CT molecular complexity index is 754. The molecule has 0 saturated carbocycles. The molecule has 0 fully saturated rings. The molecule has 0 radical (unpaired) electrons. The van der Waals surface area contributed by atoms with Crippen molar-refractivity contribution >= 4 is 55.6 Å². The summed E-state index contributed by atoms with van der Waals surface area (Å²) in [6.07, 6.45) is 0.797. The fourth-order valence-corrected chi connectivity index (χ4v) is 3.18. The first kappa shape index (κ1) is 19.7. The first-order chi connectivity index (χ1) is 12.0. The quantitative estimate of drug-likeness (QED) is 0.501. The summed E-state index contributed by atoms with van der Waals surface area (Å²) >= 11 is 9.91. The second-order valence-corrected chi connectivity index (χ2v) is 7.07. The van der Waals surface area contributed by atoms with Crippen molar-refractivity contribution in [1.29, 1.82) is 0 Å². The molecule has 0 unspecified atom stereocenters. The van der Waals surface area contributed by atoms with Crippen molar-refractivity contribution in [3.8, 4) is 5.75 Å². The number of carbonyl (C=O) groups is 1. The molecule has 1 amide bonds. The SMILES string of the molecule is CCc1nnc(NC(=S)NC(=O)c2ccc(OCCOC)c(Br)c2)s1. The van der Waals surface area contributed by atoms with E-state index < -0.39 is 0 Å². The molecular weight excluding hydrogens is 428 g/mol. The van der Waals surface area contributed by atoms with E-state index in [1.165, 1.54) is 11.3 Å². The number of hydrogen-bond acceptors (Lipinski definition) is 7. The molecule has 134 valence electrons. The van der Waals surface area contributed by atoms with Crippen molar-refractivity contribution in [2.75, 3.05) is 25.6 Å². The number of anilines is 1. The molecule has 1 aromatic carbocycles. The first-order valence-electron chi connectivity index (χ1n) is 7.39. The second-order valence-electron chi connectivity index (χ2n) is 4.75. The monoisotopic (exact) mass is 444 g/mol. The number of carbonyl (C=O) groups excluding carboxylic acids is 1. The van der Waals surface area contributed by atoms with E-state index in [0.717, 1.165) is 11.4 Å². The van der Waals surface area contributed by atoms with Gasteiger partial charge in [-0.3, -0.25) is 10.1 Å². The Morgan fingerprint density at radius 3 is 2.80 bits per heavy atom. The Morgan fingerprint density at radius 2 is 2.16 bits per heavy atom. The first-order valence-corrected chi connectivity index (χ1v) is 9.41. The number of aromatic nitrogens is 2. The van der Waals surface area contributed by atoms with Crippen LogP contribution in [-0.4, -0.2) is 41.5 Å². The molecule has 1 aromatic heterocycles. The molecule has 0 aliphatic carbocycles. The summed E-state index contributed by atoms with van der Waals surface area (Å²) in [6.45, 7) is 2.90. The molecule has 2 aromatic rings. The van der Waals surface area contributed by atoms with Crippen molar-refractivity contribution in [3.05, 3.63) is 33.2 Å². The standard InChI is InChI=1S/C15H17BrN4O3S2/c1-3-12-19-20-15(25-12)18-14(24)17-13(21)9-4-5-11(10(16)8-9)23-7-6-22-2/h4-5,8H,3,6-7H2,1-2H3,(H2,17,18,20,21,24). The van der Waals surface area contributed by atoms with E-state index in [4.69, 9.17) is 21.7 Å². The van der Waals surface area contributed by atoms with Crippen LogP contribution in [0.4, 0.5) is 5.13 Å². The van der Waals surface area contributed by atoms with Gasteiger partial charge in [-0.25, -0.2) is 0 Å². The van der Waals surface area contributed by atoms with E-state index in [-0.39, 0.29) is 11.0 Å². The van der Waals surface area contributed by atoms with Gasteiger partial charge in [0.05, 0.1) is 11.1 Å². The number of nitrogens with one attached hydrogen (secondary N) is 2. The normalized spacial score (nSPS) is 10.4. The zero-order valence-corrected chi connectivity index (χ0v) is 16.9. The minimum absolute atomic E-state index is 0.167. The maximum atomic E-state index is 12.3. The van der Waals surface area contributed by atoms with E-state index in [9.17, 15) is 4.79 Å². The number of hydrogen-bond donors (Lipinski definition) is 2. The van der Waals surface area contributed by atoms with Crippen LogP contribution in [0, 0.1) is 0 Å². The summed E-state index contributed by atoms with van der Waals surface area (Å²) in [5, 5.41) is 15.0. The molecule has 7 nitrogen and oxygen atoms in total. The zero-order chi connectivity index (χ0) is 18.2. The summed E-state index contributed by atoms with van der Waals surface area (Å²) in [5.41, 5.74) is 0.446. The molecule has 2 rings (SSSR count). The highest BCUT2D eigenvalue weighted by Gasteiger charge is 2.12. The Balaban J connectivity index is 1.93. The number of thiocarbonyl (C=S) groups is 1. The van der Waals surface area contributed by atoms with Crippen LogP contribution < -0.4 is 15.4 Å². The van der Waals surface area contributed by atoms with Crippen LogP contribution in [0.5, 0.6) is 5.75 Å². The number of amides is 1. The molecule has 10 heteroatoms. The molecule has 0 atom stereocenters. The van der Waals surface area contributed by atoms with E-state index in [1.807, 2.05) is 6.92 Å². The number of halogens is 1. The lowest BCUT2D eigenvalue weighted by Crippen LogP contribution is -2.34. The smallest absolute Gasteiger partial charge is 0.257 e. The average molecular weight is 445 g/mol. The third-order valence-electron chi connectivity index (χ3n) is 2.96. The van der Waals surface area contributed by atoms with Crippen LogP contribution in [0.2, 0.25) is 0 Å². The number of nitrogens with zero attached hydrogens (tertiary/aromatic N) is 2. The largest absolute Gasteiger partial charge is 0.490 e. The molecule has 0 bridgehead atoms. The van der Waals surface area contributed by atoms with Crippen LogP contribution in [0.25, 0.3) is 0 Å². The number of ether oxygens (including phenoxy) is 2. The topological polar surface area (TPSA) is 85.4 Å². The van der Waals surface area contributed by atoms with Gasteiger partial charge in [0.25, 0.3) is 5.91 Å². The van der Waals surface area contributed by atoms with Crippen LogP contribution in [-0.2, 0) is 11.2 Å². The number of rotatable bonds is 7. The highest BCUT2D eigenvalue weighted by atomic mass is 79.9. The molecule has 1 heterocycles. The lowest BCUT2D eigenvalue weighted by molar-refractivity contribution is 0.0977. The van der Waals surface area contributed by atoms with Crippen LogP contribution >= 0.6 is 39.5 Å². The van der Waals surface area contributed by atoms with Gasteiger partial charge in [0.1, 0.15) is 17.4 Å². The minimum atomic E-state index is -0.332. The summed E-state index contributed by atoms with van der Waals surface area (Å²) in [5.74, 6) is 0.303. The number of methoxy groups -OCH3 is 1. The predicted octanol–water partition coefficient (Wildman–Crippen LogP) is 3.02.